The lowest BCUT2D eigenvalue weighted by atomic mass is 9.87. The van der Waals surface area contributed by atoms with Crippen LogP contribution in [0.2, 0.25) is 0 Å². The Bertz CT molecular complexity index is 428. The Morgan fingerprint density at radius 3 is 1.76 bits per heavy atom. The Morgan fingerprint density at radius 1 is 0.714 bits per heavy atom. The van der Waals surface area contributed by atoms with Gasteiger partial charge < -0.3 is 5.32 Å². The van der Waals surface area contributed by atoms with Crippen LogP contribution >= 0.6 is 0 Å². The van der Waals surface area contributed by atoms with Gasteiger partial charge >= 0.3 is 0 Å². The lowest BCUT2D eigenvalue weighted by Crippen LogP contribution is -2.20. The van der Waals surface area contributed by atoms with Crippen molar-refractivity contribution < 1.29 is 0 Å². The lowest BCUT2D eigenvalue weighted by molar-refractivity contribution is 0.530. The second-order valence-corrected chi connectivity index (χ2v) is 7.01. The Morgan fingerprint density at radius 2 is 1.24 bits per heavy atom. The van der Waals surface area contributed by atoms with Crippen LogP contribution in [0.3, 0.4) is 0 Å². The number of rotatable bonds is 8. The van der Waals surface area contributed by atoms with Crippen molar-refractivity contribution in [3.05, 3.63) is 33.4 Å². The molecule has 1 nitrogen and oxygen atoms in total. The zero-order valence-corrected chi connectivity index (χ0v) is 15.3. The quantitative estimate of drug-likeness (QED) is 0.650. The van der Waals surface area contributed by atoms with Crippen molar-refractivity contribution >= 4 is 0 Å². The predicted octanol–water partition coefficient (Wildman–Crippen LogP) is 5.19. The summed E-state index contributed by atoms with van der Waals surface area (Å²) < 4.78 is 0. The Kier molecular flexibility index (Phi) is 7.45. The molecule has 0 spiro atoms. The third-order valence-corrected chi connectivity index (χ3v) is 4.99. The van der Waals surface area contributed by atoms with Crippen molar-refractivity contribution in [1.82, 2.24) is 5.32 Å². The third-order valence-electron chi connectivity index (χ3n) is 4.99. The number of nitrogens with one attached hydrogen (secondary N) is 1. The monoisotopic (exact) mass is 289 g/mol. The van der Waals surface area contributed by atoms with Gasteiger partial charge in [0, 0.05) is 0 Å². The molecule has 0 aromatic heterocycles. The van der Waals surface area contributed by atoms with Gasteiger partial charge in [-0.2, -0.15) is 0 Å². The van der Waals surface area contributed by atoms with Crippen LogP contribution < -0.4 is 5.32 Å². The number of unbranched alkanes of at least 4 members (excludes halogenated alkanes) is 2. The second kappa shape index (κ2) is 8.58. The molecule has 1 aromatic carbocycles. The molecule has 1 N–H and O–H groups in total. The van der Waals surface area contributed by atoms with E-state index in [1.54, 1.807) is 5.56 Å². The molecular weight excluding hydrogens is 254 g/mol. The summed E-state index contributed by atoms with van der Waals surface area (Å²) in [5.74, 6) is 0.758. The third kappa shape index (κ3) is 5.14. The average molecular weight is 290 g/mol. The lowest BCUT2D eigenvalue weighted by Gasteiger charge is -2.18. The molecule has 1 rings (SSSR count). The molecule has 0 saturated heterocycles. The first-order chi connectivity index (χ1) is 9.86. The molecule has 0 bridgehead atoms. The van der Waals surface area contributed by atoms with E-state index in [9.17, 15) is 0 Å². The smallest absolute Gasteiger partial charge is 0.00258 e. The van der Waals surface area contributed by atoms with Gasteiger partial charge in [-0.05, 0) is 106 Å². The number of benzene rings is 1. The van der Waals surface area contributed by atoms with E-state index in [0.29, 0.717) is 0 Å². The minimum atomic E-state index is 0.758. The van der Waals surface area contributed by atoms with Gasteiger partial charge in [0.1, 0.15) is 0 Å². The van der Waals surface area contributed by atoms with Crippen molar-refractivity contribution in [2.45, 2.75) is 74.1 Å². The molecule has 0 heterocycles. The van der Waals surface area contributed by atoms with E-state index >= 15 is 0 Å². The first-order valence-corrected chi connectivity index (χ1v) is 8.62. The van der Waals surface area contributed by atoms with Crippen molar-refractivity contribution in [2.24, 2.45) is 5.92 Å². The van der Waals surface area contributed by atoms with Gasteiger partial charge in [0.25, 0.3) is 0 Å². The van der Waals surface area contributed by atoms with Gasteiger partial charge in [0.2, 0.25) is 0 Å². The van der Waals surface area contributed by atoms with Crippen LogP contribution in [0.15, 0.2) is 0 Å². The van der Waals surface area contributed by atoms with Crippen molar-refractivity contribution in [1.29, 1.82) is 0 Å². The molecule has 0 aliphatic rings. The van der Waals surface area contributed by atoms with Crippen LogP contribution in [0.5, 0.6) is 0 Å². The van der Waals surface area contributed by atoms with Crippen LogP contribution in [0.4, 0.5) is 0 Å². The van der Waals surface area contributed by atoms with E-state index < -0.39 is 0 Å². The summed E-state index contributed by atoms with van der Waals surface area (Å²) >= 11 is 0. The summed E-state index contributed by atoms with van der Waals surface area (Å²) in [4.78, 5) is 0. The Labute approximate surface area is 132 Å². The minimum absolute atomic E-state index is 0.758. The van der Waals surface area contributed by atoms with Gasteiger partial charge in [-0.3, -0.25) is 0 Å². The van der Waals surface area contributed by atoms with Crippen LogP contribution in [-0.2, 0) is 6.42 Å². The zero-order valence-electron chi connectivity index (χ0n) is 15.3. The minimum Gasteiger partial charge on any atom is -0.316 e. The van der Waals surface area contributed by atoms with E-state index in [0.717, 1.165) is 12.5 Å². The highest BCUT2D eigenvalue weighted by Crippen LogP contribution is 2.27. The summed E-state index contributed by atoms with van der Waals surface area (Å²) in [6.07, 6.45) is 5.18. The zero-order chi connectivity index (χ0) is 16.0. The van der Waals surface area contributed by atoms with Gasteiger partial charge in [-0.1, -0.05) is 20.3 Å². The van der Waals surface area contributed by atoms with Gasteiger partial charge in [0.05, 0.1) is 0 Å². The van der Waals surface area contributed by atoms with E-state index in [4.69, 9.17) is 0 Å². The predicted molar refractivity (Wildman–Crippen MR) is 95.4 cm³/mol. The van der Waals surface area contributed by atoms with E-state index in [1.807, 2.05) is 0 Å². The maximum Gasteiger partial charge on any atom is -0.00258 e. The first-order valence-electron chi connectivity index (χ1n) is 8.62. The maximum atomic E-state index is 3.53. The van der Waals surface area contributed by atoms with Crippen LogP contribution in [-0.4, -0.2) is 13.1 Å². The fourth-order valence-corrected chi connectivity index (χ4v) is 3.07. The highest BCUT2D eigenvalue weighted by Gasteiger charge is 2.11. The number of hydrogen-bond acceptors (Lipinski definition) is 1. The van der Waals surface area contributed by atoms with Crippen LogP contribution in [0, 0.1) is 40.5 Å². The molecule has 120 valence electrons. The summed E-state index contributed by atoms with van der Waals surface area (Å²) in [7, 11) is 0. The second-order valence-electron chi connectivity index (χ2n) is 7.01. The molecule has 0 aliphatic carbocycles. The van der Waals surface area contributed by atoms with Crippen LogP contribution in [0.25, 0.3) is 0 Å². The summed E-state index contributed by atoms with van der Waals surface area (Å²) in [5.41, 5.74) is 9.11. The van der Waals surface area contributed by atoms with E-state index in [2.05, 4.69) is 53.8 Å². The van der Waals surface area contributed by atoms with Crippen molar-refractivity contribution in [3.8, 4) is 0 Å². The van der Waals surface area contributed by atoms with Gasteiger partial charge in [-0.15, -0.1) is 0 Å². The average Bonchev–Trinajstić information content (AvgIpc) is 2.45. The molecule has 0 amide bonds. The Hall–Kier alpha value is -0.820. The summed E-state index contributed by atoms with van der Waals surface area (Å²) in [6, 6.07) is 0. The number of hydrogen-bond donors (Lipinski definition) is 1. The summed E-state index contributed by atoms with van der Waals surface area (Å²) in [6.45, 7) is 18.3. The Balaban J connectivity index is 2.46. The molecular formula is C20H35N. The van der Waals surface area contributed by atoms with Gasteiger partial charge in [-0.25, -0.2) is 0 Å². The maximum absolute atomic E-state index is 3.53. The standard InChI is InChI=1S/C20H35N/c1-14(2)13-21-12-10-8-9-11-20-18(6)16(4)15(3)17(5)19(20)7/h14,21H,8-13H2,1-7H3. The van der Waals surface area contributed by atoms with E-state index in [1.165, 1.54) is 60.0 Å². The normalized spacial score (nSPS) is 11.4. The molecule has 0 atom stereocenters. The topological polar surface area (TPSA) is 12.0 Å². The summed E-state index contributed by atoms with van der Waals surface area (Å²) in [5, 5.41) is 3.53. The molecule has 0 saturated carbocycles. The fourth-order valence-electron chi connectivity index (χ4n) is 3.07. The molecule has 21 heavy (non-hydrogen) atoms. The molecule has 1 aromatic rings. The molecule has 0 aliphatic heterocycles. The van der Waals surface area contributed by atoms with Crippen LogP contribution in [0.1, 0.15) is 66.5 Å². The molecule has 0 radical (unpaired) electrons. The molecule has 1 heteroatoms. The van der Waals surface area contributed by atoms with Gasteiger partial charge in [0.15, 0.2) is 0 Å². The first kappa shape index (κ1) is 18.2. The SMILES string of the molecule is Cc1c(C)c(C)c(CCCCCNCC(C)C)c(C)c1C. The van der Waals surface area contributed by atoms with Crippen molar-refractivity contribution in [2.75, 3.05) is 13.1 Å². The highest BCUT2D eigenvalue weighted by atomic mass is 14.8. The molecule has 0 fully saturated rings. The van der Waals surface area contributed by atoms with Crippen molar-refractivity contribution in [3.63, 3.8) is 0 Å². The van der Waals surface area contributed by atoms with E-state index in [-0.39, 0.29) is 0 Å². The molecule has 0 unspecified atom stereocenters. The largest absolute Gasteiger partial charge is 0.316 e. The highest BCUT2D eigenvalue weighted by molar-refractivity contribution is 5.49. The fraction of sp³-hybridized carbons (Fsp3) is 0.700.